The number of halogens is 3. The van der Waals surface area contributed by atoms with Gasteiger partial charge in [0, 0.05) is 38.7 Å². The number of piperazine rings is 1. The van der Waals surface area contributed by atoms with Crippen molar-refractivity contribution in [2.75, 3.05) is 37.7 Å². The molecule has 0 aliphatic carbocycles. The van der Waals surface area contributed by atoms with Crippen LogP contribution in [-0.4, -0.2) is 48.5 Å². The summed E-state index contributed by atoms with van der Waals surface area (Å²) in [6, 6.07) is 10.1. The highest BCUT2D eigenvalue weighted by atomic mass is 19.4. The highest BCUT2D eigenvalue weighted by Crippen LogP contribution is 2.36. The van der Waals surface area contributed by atoms with Gasteiger partial charge in [-0.05, 0) is 37.1 Å². The normalized spacial score (nSPS) is 14.4. The lowest BCUT2D eigenvalue weighted by atomic mass is 10.1. The Kier molecular flexibility index (Phi) is 7.22. The number of hydrogen-bond donors (Lipinski definition) is 0. The van der Waals surface area contributed by atoms with Crippen LogP contribution >= 0.6 is 0 Å². The summed E-state index contributed by atoms with van der Waals surface area (Å²) in [5, 5.41) is 11.3. The fraction of sp³-hybridized carbons (Fsp3) is 0.409. The molecule has 0 spiro atoms. The number of carbonyl (C=O) groups excluding carboxylic acids is 1. The number of carbonyl (C=O) groups is 1. The molecule has 2 aromatic carbocycles. The van der Waals surface area contributed by atoms with E-state index in [1.807, 2.05) is 31.2 Å². The van der Waals surface area contributed by atoms with E-state index < -0.39 is 22.4 Å². The Bertz CT molecular complexity index is 973. The average molecular weight is 451 g/mol. The number of ether oxygens (including phenoxy) is 1. The van der Waals surface area contributed by atoms with Gasteiger partial charge in [-0.15, -0.1) is 0 Å². The van der Waals surface area contributed by atoms with Crippen molar-refractivity contribution in [2.45, 2.75) is 25.9 Å². The monoisotopic (exact) mass is 451 g/mol. The first kappa shape index (κ1) is 23.4. The second-order valence-corrected chi connectivity index (χ2v) is 7.54. The van der Waals surface area contributed by atoms with E-state index in [1.165, 1.54) is 0 Å². The zero-order valence-electron chi connectivity index (χ0n) is 17.6. The molecule has 0 bridgehead atoms. The number of nitrogens with zero attached hydrogens (tertiary/aromatic N) is 3. The maximum Gasteiger partial charge on any atom is 0.416 e. The molecule has 1 heterocycles. The van der Waals surface area contributed by atoms with Crippen molar-refractivity contribution in [3.05, 3.63) is 63.7 Å². The molecular formula is C22H24F3N3O4. The smallest absolute Gasteiger partial charge is 0.416 e. The van der Waals surface area contributed by atoms with Crippen LogP contribution in [0.4, 0.5) is 24.5 Å². The molecule has 0 unspecified atom stereocenters. The van der Waals surface area contributed by atoms with Gasteiger partial charge in [-0.1, -0.05) is 18.2 Å². The first-order valence-electron chi connectivity index (χ1n) is 10.2. The molecule has 0 N–H and O–H groups in total. The zero-order valence-corrected chi connectivity index (χ0v) is 17.6. The molecule has 10 heteroatoms. The predicted octanol–water partition coefficient (Wildman–Crippen LogP) is 4.43. The number of amides is 1. The second kappa shape index (κ2) is 9.88. The van der Waals surface area contributed by atoms with Gasteiger partial charge in [0.15, 0.2) is 0 Å². The zero-order chi connectivity index (χ0) is 23.3. The molecular weight excluding hydrogens is 427 g/mol. The molecule has 32 heavy (non-hydrogen) atoms. The molecule has 7 nitrogen and oxygen atoms in total. The van der Waals surface area contributed by atoms with Crippen molar-refractivity contribution in [1.82, 2.24) is 4.90 Å². The molecule has 0 aromatic heterocycles. The largest absolute Gasteiger partial charge is 0.493 e. The Hall–Kier alpha value is -3.30. The Balaban J connectivity index is 1.52. The maximum absolute atomic E-state index is 12.9. The van der Waals surface area contributed by atoms with E-state index in [-0.39, 0.29) is 11.6 Å². The van der Waals surface area contributed by atoms with Crippen LogP contribution in [0.1, 0.15) is 24.0 Å². The van der Waals surface area contributed by atoms with Gasteiger partial charge in [0.25, 0.3) is 5.69 Å². The summed E-state index contributed by atoms with van der Waals surface area (Å²) < 4.78 is 44.4. The standard InChI is InChI=1S/C22H24F3N3O4/c1-16-5-2-3-6-20(16)32-14-4-7-21(29)27-12-10-26(11-13-27)18-9-8-17(22(23,24)25)15-19(18)28(30)31/h2-3,5-6,8-9,15H,4,7,10-14H2,1H3. The van der Waals surface area contributed by atoms with Crippen LogP contribution in [0.5, 0.6) is 5.75 Å². The summed E-state index contributed by atoms with van der Waals surface area (Å²) >= 11 is 0. The molecule has 1 amide bonds. The van der Waals surface area contributed by atoms with E-state index in [9.17, 15) is 28.1 Å². The van der Waals surface area contributed by atoms with Gasteiger partial charge >= 0.3 is 6.18 Å². The number of rotatable bonds is 7. The fourth-order valence-corrected chi connectivity index (χ4v) is 3.59. The first-order valence-corrected chi connectivity index (χ1v) is 10.2. The molecule has 1 fully saturated rings. The summed E-state index contributed by atoms with van der Waals surface area (Å²) in [6.07, 6.45) is -3.79. The molecule has 3 rings (SSSR count). The van der Waals surface area contributed by atoms with Crippen LogP contribution in [0.3, 0.4) is 0 Å². The quantitative estimate of drug-likeness (QED) is 0.354. The van der Waals surface area contributed by atoms with E-state index >= 15 is 0 Å². The average Bonchev–Trinajstić information content (AvgIpc) is 2.76. The van der Waals surface area contributed by atoms with Crippen LogP contribution in [0.15, 0.2) is 42.5 Å². The third-order valence-corrected chi connectivity index (χ3v) is 5.36. The topological polar surface area (TPSA) is 75.9 Å². The second-order valence-electron chi connectivity index (χ2n) is 7.54. The maximum atomic E-state index is 12.9. The number of anilines is 1. The summed E-state index contributed by atoms with van der Waals surface area (Å²) in [7, 11) is 0. The molecule has 0 atom stereocenters. The Labute approximate surface area is 183 Å². The van der Waals surface area contributed by atoms with E-state index in [1.54, 1.807) is 9.80 Å². The Morgan fingerprint density at radius 2 is 1.81 bits per heavy atom. The molecule has 2 aromatic rings. The Morgan fingerprint density at radius 1 is 1.12 bits per heavy atom. The van der Waals surface area contributed by atoms with Gasteiger partial charge in [0.2, 0.25) is 5.91 Å². The predicted molar refractivity (Wildman–Crippen MR) is 113 cm³/mol. The van der Waals surface area contributed by atoms with E-state index in [2.05, 4.69) is 0 Å². The number of hydrogen-bond acceptors (Lipinski definition) is 5. The highest BCUT2D eigenvalue weighted by Gasteiger charge is 2.34. The van der Waals surface area contributed by atoms with Gasteiger partial charge in [0.1, 0.15) is 11.4 Å². The molecule has 172 valence electrons. The lowest BCUT2D eigenvalue weighted by molar-refractivity contribution is -0.384. The lowest BCUT2D eigenvalue weighted by Crippen LogP contribution is -2.49. The number of aryl methyl sites for hydroxylation is 1. The fourth-order valence-electron chi connectivity index (χ4n) is 3.59. The van der Waals surface area contributed by atoms with Gasteiger partial charge in [-0.25, -0.2) is 0 Å². The minimum Gasteiger partial charge on any atom is -0.493 e. The molecule has 1 aliphatic heterocycles. The first-order chi connectivity index (χ1) is 15.2. The Morgan fingerprint density at radius 3 is 2.44 bits per heavy atom. The summed E-state index contributed by atoms with van der Waals surface area (Å²) in [5.74, 6) is 0.742. The third-order valence-electron chi connectivity index (χ3n) is 5.36. The van der Waals surface area contributed by atoms with Crippen molar-refractivity contribution in [1.29, 1.82) is 0 Å². The molecule has 0 saturated carbocycles. The van der Waals surface area contributed by atoms with Gasteiger partial charge in [-0.3, -0.25) is 14.9 Å². The summed E-state index contributed by atoms with van der Waals surface area (Å²) in [4.78, 5) is 26.3. The van der Waals surface area contributed by atoms with Crippen LogP contribution < -0.4 is 9.64 Å². The summed E-state index contributed by atoms with van der Waals surface area (Å²) in [6.45, 7) is 3.65. The number of nitro groups is 1. The van der Waals surface area contributed by atoms with Gasteiger partial charge < -0.3 is 14.5 Å². The SMILES string of the molecule is Cc1ccccc1OCCCC(=O)N1CCN(c2ccc(C(F)(F)F)cc2[N+](=O)[O-])CC1. The number of alkyl halides is 3. The van der Waals surface area contributed by atoms with Gasteiger partial charge in [-0.2, -0.15) is 13.2 Å². The van der Waals surface area contributed by atoms with Crippen LogP contribution in [-0.2, 0) is 11.0 Å². The minimum atomic E-state index is -4.66. The third kappa shape index (κ3) is 5.68. The molecule has 1 aliphatic rings. The van der Waals surface area contributed by atoms with Crippen LogP contribution in [0.2, 0.25) is 0 Å². The van der Waals surface area contributed by atoms with Crippen molar-refractivity contribution < 1.29 is 27.6 Å². The number of para-hydroxylation sites is 1. The van der Waals surface area contributed by atoms with Crippen molar-refractivity contribution in [3.8, 4) is 5.75 Å². The molecule has 1 saturated heterocycles. The number of nitro benzene ring substituents is 1. The van der Waals surface area contributed by atoms with Crippen molar-refractivity contribution in [2.24, 2.45) is 0 Å². The minimum absolute atomic E-state index is 0.0417. The number of benzene rings is 2. The van der Waals surface area contributed by atoms with Crippen LogP contribution in [0, 0.1) is 17.0 Å². The van der Waals surface area contributed by atoms with E-state index in [4.69, 9.17) is 4.74 Å². The lowest BCUT2D eigenvalue weighted by Gasteiger charge is -2.36. The van der Waals surface area contributed by atoms with E-state index in [0.29, 0.717) is 51.7 Å². The van der Waals surface area contributed by atoms with Crippen molar-refractivity contribution in [3.63, 3.8) is 0 Å². The van der Waals surface area contributed by atoms with E-state index in [0.717, 1.165) is 23.4 Å². The van der Waals surface area contributed by atoms with Crippen LogP contribution in [0.25, 0.3) is 0 Å². The summed E-state index contributed by atoms with van der Waals surface area (Å²) in [5.41, 5.74) is -0.503. The van der Waals surface area contributed by atoms with Crippen molar-refractivity contribution >= 4 is 17.3 Å². The van der Waals surface area contributed by atoms with Gasteiger partial charge in [0.05, 0.1) is 17.1 Å². The highest BCUT2D eigenvalue weighted by molar-refractivity contribution is 5.76. The molecule has 0 radical (unpaired) electrons.